The Hall–Kier alpha value is -2.47. The Kier molecular flexibility index (Phi) is 5.83. The van der Waals surface area contributed by atoms with E-state index in [0.29, 0.717) is 6.42 Å². The monoisotopic (exact) mass is 371 g/mol. The van der Waals surface area contributed by atoms with Gasteiger partial charge in [0.25, 0.3) is 0 Å². The maximum Gasteiger partial charge on any atom is 0.328 e. The van der Waals surface area contributed by atoms with Crippen molar-refractivity contribution < 1.29 is 18.7 Å². The van der Waals surface area contributed by atoms with Crippen molar-refractivity contribution >= 4 is 45.4 Å². The molecule has 5 nitrogen and oxygen atoms in total. The summed E-state index contributed by atoms with van der Waals surface area (Å²) in [6.45, 7) is 0. The number of rotatable bonds is 7. The third kappa shape index (κ3) is 3.85. The van der Waals surface area contributed by atoms with Gasteiger partial charge < -0.3 is 14.5 Å². The molecule has 1 atom stereocenters. The molecule has 0 saturated carbocycles. The second kappa shape index (κ2) is 8.27. The second-order valence-electron chi connectivity index (χ2n) is 6.02. The predicted molar refractivity (Wildman–Crippen MR) is 104 cm³/mol. The van der Waals surface area contributed by atoms with Crippen LogP contribution in [0.25, 0.3) is 21.7 Å². The first kappa shape index (κ1) is 18.3. The minimum absolute atomic E-state index is 0.147. The van der Waals surface area contributed by atoms with Gasteiger partial charge in [-0.15, -0.1) is 0 Å². The minimum Gasteiger partial charge on any atom is -0.467 e. The van der Waals surface area contributed by atoms with Crippen LogP contribution in [-0.2, 0) is 20.7 Å². The zero-order valence-corrected chi connectivity index (χ0v) is 15.6. The van der Waals surface area contributed by atoms with Gasteiger partial charge in [-0.1, -0.05) is 30.3 Å². The Bertz CT molecular complexity index is 934. The van der Waals surface area contributed by atoms with Gasteiger partial charge in [0.15, 0.2) is 0 Å². The highest BCUT2D eigenvalue weighted by Gasteiger charge is 2.22. The number of esters is 1. The van der Waals surface area contributed by atoms with Gasteiger partial charge in [-0.2, -0.15) is 11.8 Å². The first-order valence-corrected chi connectivity index (χ1v) is 9.77. The molecule has 0 aliphatic rings. The number of ether oxygens (including phenoxy) is 1. The molecule has 1 aromatic heterocycles. The lowest BCUT2D eigenvalue weighted by atomic mass is 10.0. The van der Waals surface area contributed by atoms with Crippen molar-refractivity contribution in [3.05, 3.63) is 48.2 Å². The summed E-state index contributed by atoms with van der Waals surface area (Å²) < 4.78 is 10.4. The highest BCUT2D eigenvalue weighted by Crippen LogP contribution is 2.30. The highest BCUT2D eigenvalue weighted by atomic mass is 32.2. The van der Waals surface area contributed by atoms with E-state index in [2.05, 4.69) is 5.32 Å². The van der Waals surface area contributed by atoms with Crippen LogP contribution in [0.1, 0.15) is 12.0 Å². The fourth-order valence-electron chi connectivity index (χ4n) is 3.05. The van der Waals surface area contributed by atoms with Crippen molar-refractivity contribution in [2.45, 2.75) is 18.9 Å². The molecule has 0 radical (unpaired) electrons. The van der Waals surface area contributed by atoms with Crippen LogP contribution in [0.5, 0.6) is 0 Å². The Morgan fingerprint density at radius 2 is 2.04 bits per heavy atom. The van der Waals surface area contributed by atoms with Gasteiger partial charge in [0, 0.05) is 10.9 Å². The van der Waals surface area contributed by atoms with Crippen LogP contribution in [0.3, 0.4) is 0 Å². The van der Waals surface area contributed by atoms with Crippen LogP contribution in [0, 0.1) is 0 Å². The summed E-state index contributed by atoms with van der Waals surface area (Å²) in [7, 11) is 1.33. The van der Waals surface area contributed by atoms with Crippen molar-refractivity contribution in [2.75, 3.05) is 19.1 Å². The number of carbonyl (C=O) groups excluding carboxylic acids is 2. The predicted octanol–water partition coefficient (Wildman–Crippen LogP) is 3.54. The van der Waals surface area contributed by atoms with E-state index in [-0.39, 0.29) is 12.3 Å². The van der Waals surface area contributed by atoms with Crippen LogP contribution in [0.4, 0.5) is 0 Å². The molecule has 0 spiro atoms. The van der Waals surface area contributed by atoms with Crippen LogP contribution in [0.2, 0.25) is 0 Å². The summed E-state index contributed by atoms with van der Waals surface area (Å²) in [6, 6.07) is 11.3. The van der Waals surface area contributed by atoms with Crippen molar-refractivity contribution in [1.82, 2.24) is 5.32 Å². The number of hydrogen-bond acceptors (Lipinski definition) is 5. The van der Waals surface area contributed by atoms with Crippen molar-refractivity contribution in [3.8, 4) is 0 Å². The number of benzene rings is 2. The Balaban J connectivity index is 1.83. The molecule has 26 heavy (non-hydrogen) atoms. The quantitative estimate of drug-likeness (QED) is 0.644. The van der Waals surface area contributed by atoms with Gasteiger partial charge in [0.05, 0.1) is 19.8 Å². The molecule has 0 aliphatic carbocycles. The molecule has 2 aromatic carbocycles. The van der Waals surface area contributed by atoms with E-state index in [1.165, 1.54) is 7.11 Å². The van der Waals surface area contributed by atoms with Gasteiger partial charge in [-0.3, -0.25) is 4.79 Å². The van der Waals surface area contributed by atoms with E-state index >= 15 is 0 Å². The van der Waals surface area contributed by atoms with Crippen LogP contribution < -0.4 is 5.32 Å². The maximum absolute atomic E-state index is 12.5. The number of amides is 1. The molecule has 0 fully saturated rings. The number of hydrogen-bond donors (Lipinski definition) is 1. The Morgan fingerprint density at radius 3 is 2.81 bits per heavy atom. The molecular formula is C20H21NO4S. The number of methoxy groups -OCH3 is 1. The third-order valence-electron chi connectivity index (χ3n) is 4.32. The van der Waals surface area contributed by atoms with Crippen molar-refractivity contribution in [1.29, 1.82) is 0 Å². The Labute approximate surface area is 156 Å². The van der Waals surface area contributed by atoms with E-state index in [1.54, 1.807) is 18.0 Å². The van der Waals surface area contributed by atoms with E-state index < -0.39 is 12.0 Å². The number of nitrogens with one attached hydrogen (secondary N) is 1. The first-order chi connectivity index (χ1) is 12.6. The lowest BCUT2D eigenvalue weighted by Gasteiger charge is -2.15. The van der Waals surface area contributed by atoms with E-state index in [4.69, 9.17) is 9.15 Å². The average molecular weight is 371 g/mol. The maximum atomic E-state index is 12.5. The average Bonchev–Trinajstić information content (AvgIpc) is 3.07. The smallest absolute Gasteiger partial charge is 0.328 e. The normalized spacial score (nSPS) is 12.2. The number of carbonyl (C=O) groups is 2. The lowest BCUT2D eigenvalue weighted by Crippen LogP contribution is -2.42. The van der Waals surface area contributed by atoms with Gasteiger partial charge in [0.1, 0.15) is 11.6 Å². The summed E-state index contributed by atoms with van der Waals surface area (Å²) in [5, 5.41) is 5.87. The molecule has 6 heteroatoms. The topological polar surface area (TPSA) is 68.5 Å². The molecule has 0 bridgehead atoms. The van der Waals surface area contributed by atoms with Gasteiger partial charge in [0.2, 0.25) is 5.91 Å². The third-order valence-corrected chi connectivity index (χ3v) is 4.97. The molecule has 136 valence electrons. The lowest BCUT2D eigenvalue weighted by molar-refractivity contribution is -0.145. The zero-order valence-electron chi connectivity index (χ0n) is 14.8. The minimum atomic E-state index is -0.630. The first-order valence-electron chi connectivity index (χ1n) is 8.38. The molecule has 1 amide bonds. The van der Waals surface area contributed by atoms with E-state index in [1.807, 2.05) is 42.7 Å². The fraction of sp³-hybridized carbons (Fsp3) is 0.300. The van der Waals surface area contributed by atoms with Crippen LogP contribution in [0.15, 0.2) is 47.1 Å². The zero-order chi connectivity index (χ0) is 18.5. The standard InChI is InChI=1S/C20H21NO4S/c1-24-20(23)16(9-10-26-2)21-18(22)11-14-12-25-17-8-7-13-5-3-4-6-15(13)19(14)17/h3-8,12,16H,9-11H2,1-2H3,(H,21,22)/t16-/m0/s1. The van der Waals surface area contributed by atoms with E-state index in [0.717, 1.165) is 33.1 Å². The SMILES string of the molecule is COC(=O)[C@H](CCSC)NC(=O)Cc1coc2ccc3ccccc3c12. The number of fused-ring (bicyclic) bond motifs is 3. The van der Waals surface area contributed by atoms with Gasteiger partial charge in [-0.05, 0) is 35.3 Å². The largest absolute Gasteiger partial charge is 0.467 e. The second-order valence-corrected chi connectivity index (χ2v) is 7.01. The molecule has 0 saturated heterocycles. The summed E-state index contributed by atoms with van der Waals surface area (Å²) in [5.41, 5.74) is 1.56. The highest BCUT2D eigenvalue weighted by molar-refractivity contribution is 7.98. The summed E-state index contributed by atoms with van der Waals surface area (Å²) in [6.07, 6.45) is 4.26. The van der Waals surface area contributed by atoms with Crippen molar-refractivity contribution in [3.63, 3.8) is 0 Å². The number of furan rings is 1. The van der Waals surface area contributed by atoms with Crippen molar-refractivity contribution in [2.24, 2.45) is 0 Å². The molecular weight excluding hydrogens is 350 g/mol. The summed E-state index contributed by atoms with van der Waals surface area (Å²) in [4.78, 5) is 24.4. The fourth-order valence-corrected chi connectivity index (χ4v) is 3.52. The molecule has 3 rings (SSSR count). The number of thioether (sulfide) groups is 1. The van der Waals surface area contributed by atoms with Gasteiger partial charge in [-0.25, -0.2) is 4.79 Å². The summed E-state index contributed by atoms with van der Waals surface area (Å²) >= 11 is 1.62. The molecule has 1 heterocycles. The molecule has 0 unspecified atom stereocenters. The van der Waals surface area contributed by atoms with Crippen LogP contribution in [-0.4, -0.2) is 37.0 Å². The molecule has 0 aliphatic heterocycles. The Morgan fingerprint density at radius 1 is 1.23 bits per heavy atom. The van der Waals surface area contributed by atoms with E-state index in [9.17, 15) is 9.59 Å². The molecule has 1 N–H and O–H groups in total. The molecule has 3 aromatic rings. The van der Waals surface area contributed by atoms with Crippen LogP contribution >= 0.6 is 11.8 Å². The van der Waals surface area contributed by atoms with Gasteiger partial charge >= 0.3 is 5.97 Å². The summed E-state index contributed by atoms with van der Waals surface area (Å²) in [5.74, 6) is 0.117.